The minimum Gasteiger partial charge on any atom is -0.330 e. The molecule has 0 aliphatic rings. The van der Waals surface area contributed by atoms with Gasteiger partial charge in [0.1, 0.15) is 6.04 Å². The lowest BCUT2D eigenvalue weighted by Gasteiger charge is -2.17. The van der Waals surface area contributed by atoms with Crippen LogP contribution in [0, 0.1) is 0 Å². The zero-order valence-electron chi connectivity index (χ0n) is 14.2. The number of hydrogen-bond donors (Lipinski definition) is 3. The number of nitrogens with one attached hydrogen (secondary N) is 2. The van der Waals surface area contributed by atoms with Gasteiger partial charge in [-0.3, -0.25) is 9.59 Å². The minimum absolute atomic E-state index is 0.0509. The van der Waals surface area contributed by atoms with Crippen LogP contribution in [0.4, 0.5) is 11.4 Å². The lowest BCUT2D eigenvalue weighted by atomic mass is 10.1. The molecule has 0 saturated heterocycles. The third-order valence-electron chi connectivity index (χ3n) is 3.79. The number of anilines is 2. The van der Waals surface area contributed by atoms with Crippen molar-refractivity contribution < 1.29 is 14.9 Å². The van der Waals surface area contributed by atoms with E-state index in [0.717, 1.165) is 0 Å². The maximum atomic E-state index is 12.3. The monoisotopic (exact) mass is 326 g/mol. The number of benzene rings is 2. The highest BCUT2D eigenvalue weighted by atomic mass is 16.2. The second-order valence-electron chi connectivity index (χ2n) is 5.93. The van der Waals surface area contributed by atoms with Gasteiger partial charge in [-0.1, -0.05) is 30.3 Å². The third kappa shape index (κ3) is 5.21. The average molecular weight is 326 g/mol. The molecule has 24 heavy (non-hydrogen) atoms. The number of hydrogen-bond acceptors (Lipinski definition) is 2. The van der Waals surface area contributed by atoms with E-state index in [1.54, 1.807) is 24.3 Å². The van der Waals surface area contributed by atoms with E-state index in [9.17, 15) is 9.59 Å². The first kappa shape index (κ1) is 17.7. The summed E-state index contributed by atoms with van der Waals surface area (Å²) in [5, 5.41) is 7.63. The van der Waals surface area contributed by atoms with Crippen molar-refractivity contribution in [1.29, 1.82) is 0 Å². The van der Waals surface area contributed by atoms with E-state index >= 15 is 0 Å². The van der Waals surface area contributed by atoms with Gasteiger partial charge in [0.25, 0.3) is 5.91 Å². The molecule has 2 rings (SSSR count). The molecule has 0 heterocycles. The van der Waals surface area contributed by atoms with Gasteiger partial charge in [-0.2, -0.15) is 0 Å². The molecule has 5 heteroatoms. The van der Waals surface area contributed by atoms with E-state index in [4.69, 9.17) is 0 Å². The van der Waals surface area contributed by atoms with E-state index in [2.05, 4.69) is 29.7 Å². The van der Waals surface area contributed by atoms with E-state index in [-0.39, 0.29) is 23.9 Å². The zero-order valence-corrected chi connectivity index (χ0v) is 14.2. The Morgan fingerprint density at radius 1 is 0.875 bits per heavy atom. The summed E-state index contributed by atoms with van der Waals surface area (Å²) in [6.45, 7) is 5.43. The number of carbonyl (C=O) groups is 2. The average Bonchev–Trinajstić information content (AvgIpc) is 2.56. The molecular weight excluding hydrogens is 302 g/mol. The van der Waals surface area contributed by atoms with E-state index < -0.39 is 0 Å². The molecule has 4 N–H and O–H groups in total. The number of quaternary nitrogens is 1. The van der Waals surface area contributed by atoms with Crippen molar-refractivity contribution >= 4 is 23.2 Å². The molecule has 0 aliphatic carbocycles. The number of amides is 2. The topological polar surface area (TPSA) is 74.8 Å². The van der Waals surface area contributed by atoms with Crippen molar-refractivity contribution in [1.82, 2.24) is 0 Å². The van der Waals surface area contributed by atoms with Crippen molar-refractivity contribution in [3.05, 3.63) is 60.2 Å². The SMILES string of the molecule is CC(=O)Nc1ccc(NC(=O)[C@@H](C)[NH2+][C@H](C)c2ccccc2)cc1. The lowest BCUT2D eigenvalue weighted by molar-refractivity contribution is -0.709. The Morgan fingerprint density at radius 2 is 1.42 bits per heavy atom. The van der Waals surface area contributed by atoms with Crippen LogP contribution in [0.25, 0.3) is 0 Å². The Hall–Kier alpha value is -2.66. The third-order valence-corrected chi connectivity index (χ3v) is 3.79. The van der Waals surface area contributed by atoms with Crippen LogP contribution in [0.3, 0.4) is 0 Å². The highest BCUT2D eigenvalue weighted by Gasteiger charge is 2.20. The van der Waals surface area contributed by atoms with E-state index in [0.29, 0.717) is 11.4 Å². The summed E-state index contributed by atoms with van der Waals surface area (Å²) >= 11 is 0. The van der Waals surface area contributed by atoms with E-state index in [1.165, 1.54) is 12.5 Å². The minimum atomic E-state index is -0.213. The van der Waals surface area contributed by atoms with Gasteiger partial charge >= 0.3 is 0 Å². The number of nitrogens with two attached hydrogens (primary N) is 1. The summed E-state index contributed by atoms with van der Waals surface area (Å²) in [6.07, 6.45) is 0. The molecule has 0 bridgehead atoms. The zero-order chi connectivity index (χ0) is 17.5. The maximum absolute atomic E-state index is 12.3. The van der Waals surface area contributed by atoms with Crippen molar-refractivity contribution in [2.75, 3.05) is 10.6 Å². The smallest absolute Gasteiger partial charge is 0.282 e. The predicted octanol–water partition coefficient (Wildman–Crippen LogP) is 2.30. The molecule has 5 nitrogen and oxygen atoms in total. The molecule has 0 fully saturated rings. The quantitative estimate of drug-likeness (QED) is 0.762. The van der Waals surface area contributed by atoms with Gasteiger partial charge in [0, 0.05) is 23.9 Å². The second-order valence-corrected chi connectivity index (χ2v) is 5.93. The molecule has 0 radical (unpaired) electrons. The summed E-state index contributed by atoms with van der Waals surface area (Å²) < 4.78 is 0. The van der Waals surface area contributed by atoms with Gasteiger partial charge < -0.3 is 16.0 Å². The Balaban J connectivity index is 1.90. The Morgan fingerprint density at radius 3 is 1.96 bits per heavy atom. The summed E-state index contributed by atoms with van der Waals surface area (Å²) in [7, 11) is 0. The highest BCUT2D eigenvalue weighted by molar-refractivity contribution is 5.94. The van der Waals surface area contributed by atoms with Gasteiger partial charge in [0.15, 0.2) is 6.04 Å². The van der Waals surface area contributed by atoms with Crippen molar-refractivity contribution in [2.45, 2.75) is 32.9 Å². The number of rotatable bonds is 6. The first-order valence-corrected chi connectivity index (χ1v) is 8.04. The van der Waals surface area contributed by atoms with Crippen molar-refractivity contribution in [2.24, 2.45) is 0 Å². The first-order valence-electron chi connectivity index (χ1n) is 8.04. The standard InChI is InChI=1S/C19H23N3O2/c1-13(16-7-5-4-6-8-16)20-14(2)19(24)22-18-11-9-17(10-12-18)21-15(3)23/h4-14,20H,1-3H3,(H,21,23)(H,22,24)/p+1/t13-,14-/m1/s1. The van der Waals surface area contributed by atoms with E-state index in [1.807, 2.05) is 30.4 Å². The first-order chi connectivity index (χ1) is 11.5. The van der Waals surface area contributed by atoms with Gasteiger partial charge in [-0.15, -0.1) is 0 Å². The molecule has 2 aromatic carbocycles. The molecule has 2 aromatic rings. The van der Waals surface area contributed by atoms with Crippen LogP contribution < -0.4 is 16.0 Å². The molecule has 0 unspecified atom stereocenters. The molecule has 2 atom stereocenters. The second kappa shape index (κ2) is 8.26. The molecular formula is C19H24N3O2+. The fourth-order valence-corrected chi connectivity index (χ4v) is 2.48. The predicted molar refractivity (Wildman–Crippen MR) is 95.6 cm³/mol. The fourth-order valence-electron chi connectivity index (χ4n) is 2.48. The van der Waals surface area contributed by atoms with Crippen molar-refractivity contribution in [3.63, 3.8) is 0 Å². The molecule has 0 spiro atoms. The molecule has 0 aliphatic heterocycles. The van der Waals surface area contributed by atoms with Gasteiger partial charge in [0.2, 0.25) is 5.91 Å². The Labute approximate surface area is 142 Å². The lowest BCUT2D eigenvalue weighted by Crippen LogP contribution is -2.91. The summed E-state index contributed by atoms with van der Waals surface area (Å²) in [5.41, 5.74) is 2.61. The Kier molecular flexibility index (Phi) is 6.09. The molecule has 2 amide bonds. The van der Waals surface area contributed by atoms with Gasteiger partial charge in [0.05, 0.1) is 0 Å². The van der Waals surface area contributed by atoms with Gasteiger partial charge in [-0.05, 0) is 38.1 Å². The van der Waals surface area contributed by atoms with Gasteiger partial charge in [-0.25, -0.2) is 0 Å². The summed E-state index contributed by atoms with van der Waals surface area (Å²) in [4.78, 5) is 23.3. The molecule has 126 valence electrons. The maximum Gasteiger partial charge on any atom is 0.282 e. The van der Waals surface area contributed by atoms with Crippen LogP contribution in [0.5, 0.6) is 0 Å². The van der Waals surface area contributed by atoms with Crippen LogP contribution in [-0.2, 0) is 9.59 Å². The van der Waals surface area contributed by atoms with Crippen molar-refractivity contribution in [3.8, 4) is 0 Å². The van der Waals surface area contributed by atoms with Crippen LogP contribution in [0.1, 0.15) is 32.4 Å². The normalized spacial score (nSPS) is 13.0. The highest BCUT2D eigenvalue weighted by Crippen LogP contribution is 2.13. The Bertz CT molecular complexity index is 684. The van der Waals surface area contributed by atoms with Crippen LogP contribution in [0.2, 0.25) is 0 Å². The fraction of sp³-hybridized carbons (Fsp3) is 0.263. The molecule has 0 aromatic heterocycles. The summed E-state index contributed by atoms with van der Waals surface area (Å²) in [5.74, 6) is -0.171. The molecule has 0 saturated carbocycles. The van der Waals surface area contributed by atoms with Crippen LogP contribution >= 0.6 is 0 Å². The van der Waals surface area contributed by atoms with Crippen LogP contribution in [0.15, 0.2) is 54.6 Å². The summed E-state index contributed by atoms with van der Waals surface area (Å²) in [6, 6.07) is 17.2. The largest absolute Gasteiger partial charge is 0.330 e. The number of carbonyl (C=O) groups excluding carboxylic acids is 2. The van der Waals surface area contributed by atoms with Crippen LogP contribution in [-0.4, -0.2) is 17.9 Å².